The van der Waals surface area contributed by atoms with Gasteiger partial charge in [0.05, 0.1) is 28.8 Å². The average Bonchev–Trinajstić information content (AvgIpc) is 2.57. The van der Waals surface area contributed by atoms with Gasteiger partial charge in [0.1, 0.15) is 18.5 Å². The van der Waals surface area contributed by atoms with E-state index in [-0.39, 0.29) is 18.7 Å². The Bertz CT molecular complexity index is 972. The Labute approximate surface area is 154 Å². The molecule has 0 saturated carbocycles. The first-order chi connectivity index (χ1) is 12.0. The van der Waals surface area contributed by atoms with Gasteiger partial charge in [0.25, 0.3) is 5.56 Å². The van der Waals surface area contributed by atoms with Crippen LogP contribution < -0.4 is 10.3 Å². The maximum Gasteiger partial charge on any atom is 0.261 e. The van der Waals surface area contributed by atoms with Gasteiger partial charge >= 0.3 is 0 Å². The number of ether oxygens (including phenoxy) is 1. The minimum atomic E-state index is -0.869. The topological polar surface area (TPSA) is 64.3 Å². The largest absolute Gasteiger partial charge is 0.491 e. The van der Waals surface area contributed by atoms with Gasteiger partial charge in [0.2, 0.25) is 0 Å². The van der Waals surface area contributed by atoms with E-state index in [1.165, 1.54) is 23.0 Å². The number of benzene rings is 2. The average molecular weight is 379 g/mol. The molecule has 130 valence electrons. The highest BCUT2D eigenvalue weighted by atomic mass is 35.5. The van der Waals surface area contributed by atoms with E-state index in [1.54, 1.807) is 0 Å². The number of hydrogen-bond acceptors (Lipinski definition) is 4. The van der Waals surface area contributed by atoms with Gasteiger partial charge in [-0.2, -0.15) is 0 Å². The molecule has 0 unspecified atom stereocenters. The predicted molar refractivity (Wildman–Crippen MR) is 98.7 cm³/mol. The number of hydrogen-bond donors (Lipinski definition) is 1. The molecule has 0 bridgehead atoms. The van der Waals surface area contributed by atoms with E-state index >= 15 is 0 Å². The van der Waals surface area contributed by atoms with E-state index in [0.717, 1.165) is 5.56 Å². The molecule has 25 heavy (non-hydrogen) atoms. The molecular weight excluding hydrogens is 363 g/mol. The van der Waals surface area contributed by atoms with Crippen molar-refractivity contribution < 1.29 is 9.84 Å². The smallest absolute Gasteiger partial charge is 0.261 e. The molecule has 0 fully saturated rings. The first-order valence-electron chi connectivity index (χ1n) is 7.66. The lowest BCUT2D eigenvalue weighted by atomic mass is 10.2. The third-order valence-electron chi connectivity index (χ3n) is 3.78. The van der Waals surface area contributed by atoms with Gasteiger partial charge in [-0.05, 0) is 30.7 Å². The predicted octanol–water partition coefficient (Wildman–Crippen LogP) is 3.45. The molecule has 3 aromatic rings. The number of nitrogens with zero attached hydrogens (tertiary/aromatic N) is 2. The molecule has 0 aliphatic rings. The summed E-state index contributed by atoms with van der Waals surface area (Å²) in [6.45, 7) is 2.04. The van der Waals surface area contributed by atoms with Gasteiger partial charge in [-0.25, -0.2) is 4.98 Å². The zero-order valence-corrected chi connectivity index (χ0v) is 15.0. The molecule has 0 radical (unpaired) electrons. The summed E-state index contributed by atoms with van der Waals surface area (Å²) in [5, 5.41) is 11.2. The summed E-state index contributed by atoms with van der Waals surface area (Å²) in [5.74, 6) is 0.698. The summed E-state index contributed by atoms with van der Waals surface area (Å²) >= 11 is 12.0. The van der Waals surface area contributed by atoms with Crippen LogP contribution >= 0.6 is 23.2 Å². The molecule has 0 saturated heterocycles. The van der Waals surface area contributed by atoms with Crippen LogP contribution in [0.25, 0.3) is 10.9 Å². The van der Waals surface area contributed by atoms with Crippen LogP contribution in [-0.2, 0) is 6.54 Å². The Balaban J connectivity index is 1.77. The highest BCUT2D eigenvalue weighted by Gasteiger charge is 2.13. The summed E-state index contributed by atoms with van der Waals surface area (Å²) in [6, 6.07) is 10.6. The van der Waals surface area contributed by atoms with Gasteiger partial charge in [0.15, 0.2) is 0 Å². The van der Waals surface area contributed by atoms with Crippen LogP contribution in [0.1, 0.15) is 5.56 Å². The number of para-hydroxylation sites is 1. The van der Waals surface area contributed by atoms with E-state index in [1.807, 2.05) is 31.2 Å². The number of aryl methyl sites for hydroxylation is 1. The van der Waals surface area contributed by atoms with Crippen LogP contribution in [0.2, 0.25) is 10.0 Å². The fraction of sp³-hybridized carbons (Fsp3) is 0.222. The van der Waals surface area contributed by atoms with Gasteiger partial charge in [-0.15, -0.1) is 0 Å². The van der Waals surface area contributed by atoms with E-state index in [9.17, 15) is 9.90 Å². The fourth-order valence-corrected chi connectivity index (χ4v) is 3.05. The molecular formula is C18H16Cl2N2O3. The Morgan fingerprint density at radius 2 is 2.04 bits per heavy atom. The molecule has 0 aliphatic heterocycles. The Hall–Kier alpha value is -2.08. The second-order valence-corrected chi connectivity index (χ2v) is 6.56. The van der Waals surface area contributed by atoms with Crippen LogP contribution in [0.5, 0.6) is 5.75 Å². The zero-order valence-electron chi connectivity index (χ0n) is 13.4. The lowest BCUT2D eigenvalue weighted by Gasteiger charge is -2.15. The van der Waals surface area contributed by atoms with E-state index < -0.39 is 6.10 Å². The fourth-order valence-electron chi connectivity index (χ4n) is 2.51. The number of aliphatic hydroxyl groups is 1. The SMILES string of the molecule is Cc1ccccc1OC[C@@H](O)Cn1cnc2c(Cl)cc(Cl)cc2c1=O. The second kappa shape index (κ2) is 7.44. The molecule has 0 amide bonds. The lowest BCUT2D eigenvalue weighted by molar-refractivity contribution is 0.0911. The molecule has 1 aromatic heterocycles. The summed E-state index contributed by atoms with van der Waals surface area (Å²) < 4.78 is 6.93. The quantitative estimate of drug-likeness (QED) is 0.738. The third kappa shape index (κ3) is 3.95. The van der Waals surface area contributed by atoms with Gasteiger partial charge in [-0.3, -0.25) is 9.36 Å². The van der Waals surface area contributed by atoms with Crippen molar-refractivity contribution in [3.05, 3.63) is 68.7 Å². The van der Waals surface area contributed by atoms with Crippen molar-refractivity contribution in [2.24, 2.45) is 0 Å². The summed E-state index contributed by atoms with van der Waals surface area (Å²) in [4.78, 5) is 16.7. The minimum Gasteiger partial charge on any atom is -0.491 e. The molecule has 1 heterocycles. The van der Waals surface area contributed by atoms with E-state index in [0.29, 0.717) is 26.7 Å². The van der Waals surface area contributed by atoms with Gasteiger partial charge in [-0.1, -0.05) is 41.4 Å². The van der Waals surface area contributed by atoms with Crippen LogP contribution in [-0.4, -0.2) is 27.4 Å². The van der Waals surface area contributed by atoms with Crippen molar-refractivity contribution in [3.8, 4) is 5.75 Å². The van der Waals surface area contributed by atoms with Crippen molar-refractivity contribution >= 4 is 34.1 Å². The molecule has 0 spiro atoms. The Morgan fingerprint density at radius 1 is 1.28 bits per heavy atom. The summed E-state index contributed by atoms with van der Waals surface area (Å²) in [7, 11) is 0. The third-order valence-corrected chi connectivity index (χ3v) is 4.28. The van der Waals surface area contributed by atoms with Crippen LogP contribution in [0.4, 0.5) is 0 Å². The molecule has 0 aliphatic carbocycles. The van der Waals surface area contributed by atoms with Crippen molar-refractivity contribution in [2.75, 3.05) is 6.61 Å². The highest BCUT2D eigenvalue weighted by Crippen LogP contribution is 2.24. The van der Waals surface area contributed by atoms with Gasteiger partial charge in [0, 0.05) is 5.02 Å². The number of fused-ring (bicyclic) bond motifs is 1. The second-order valence-electron chi connectivity index (χ2n) is 5.72. The van der Waals surface area contributed by atoms with Crippen molar-refractivity contribution in [1.82, 2.24) is 9.55 Å². The standard InChI is InChI=1S/C18H16Cl2N2O3/c1-11-4-2-3-5-16(11)25-9-13(23)8-22-10-21-17-14(18(22)24)6-12(19)7-15(17)20/h2-7,10,13,23H,8-9H2,1H3/t13-/m0/s1. The Kier molecular flexibility index (Phi) is 5.27. The highest BCUT2D eigenvalue weighted by molar-refractivity contribution is 6.38. The molecule has 5 nitrogen and oxygen atoms in total. The van der Waals surface area contributed by atoms with E-state index in [2.05, 4.69) is 4.98 Å². The molecule has 1 N–H and O–H groups in total. The normalized spacial score (nSPS) is 12.3. The number of aliphatic hydroxyl groups excluding tert-OH is 1. The van der Waals surface area contributed by atoms with Crippen molar-refractivity contribution in [2.45, 2.75) is 19.6 Å². The van der Waals surface area contributed by atoms with Crippen LogP contribution in [0.15, 0.2) is 47.5 Å². The molecule has 3 rings (SSSR count). The first kappa shape index (κ1) is 17.7. The maximum absolute atomic E-state index is 12.6. The lowest BCUT2D eigenvalue weighted by Crippen LogP contribution is -2.30. The first-order valence-corrected chi connectivity index (χ1v) is 8.42. The zero-order chi connectivity index (χ0) is 18.0. The van der Waals surface area contributed by atoms with Crippen LogP contribution in [0, 0.1) is 6.92 Å². The molecule has 7 heteroatoms. The maximum atomic E-state index is 12.6. The summed E-state index contributed by atoms with van der Waals surface area (Å²) in [5.41, 5.74) is 1.05. The van der Waals surface area contributed by atoms with Crippen molar-refractivity contribution in [3.63, 3.8) is 0 Å². The number of halogens is 2. The number of aromatic nitrogens is 2. The molecule has 2 aromatic carbocycles. The minimum absolute atomic E-state index is 0.0534. The van der Waals surface area contributed by atoms with E-state index in [4.69, 9.17) is 27.9 Å². The molecule has 1 atom stereocenters. The van der Waals surface area contributed by atoms with Gasteiger partial charge < -0.3 is 9.84 Å². The summed E-state index contributed by atoms with van der Waals surface area (Å²) in [6.07, 6.45) is 0.493. The monoisotopic (exact) mass is 378 g/mol. The van der Waals surface area contributed by atoms with Crippen molar-refractivity contribution in [1.29, 1.82) is 0 Å². The Morgan fingerprint density at radius 3 is 2.80 bits per heavy atom. The van der Waals surface area contributed by atoms with Crippen LogP contribution in [0.3, 0.4) is 0 Å². The number of rotatable bonds is 5.